The molecule has 0 aromatic rings. The number of nitrogens with one attached hydrogen (secondary N) is 1. The Morgan fingerprint density at radius 2 is 2.25 bits per heavy atom. The molecule has 0 radical (unpaired) electrons. The van der Waals surface area contributed by atoms with Crippen molar-refractivity contribution in [1.82, 2.24) is 5.32 Å². The highest BCUT2D eigenvalue weighted by Crippen LogP contribution is 2.19. The van der Waals surface area contributed by atoms with E-state index in [1.807, 2.05) is 6.92 Å². The van der Waals surface area contributed by atoms with Crippen LogP contribution in [0.15, 0.2) is 5.16 Å². The number of nitrogens with zero attached hydrogens (tertiary/aromatic N) is 1. The van der Waals surface area contributed by atoms with E-state index in [4.69, 9.17) is 16.0 Å². The number of hydrogen-bond donors (Lipinski definition) is 4. The molecule has 1 aliphatic carbocycles. The predicted octanol–water partition coefficient (Wildman–Crippen LogP) is -0.766. The summed E-state index contributed by atoms with van der Waals surface area (Å²) in [4.78, 5) is 0. The van der Waals surface area contributed by atoms with E-state index in [1.54, 1.807) is 0 Å². The third kappa shape index (κ3) is 2.09. The zero-order valence-electron chi connectivity index (χ0n) is 7.07. The molecule has 1 fully saturated rings. The van der Waals surface area contributed by atoms with Gasteiger partial charge in [-0.15, -0.1) is 0 Å². The van der Waals surface area contributed by atoms with Gasteiger partial charge in [-0.05, 0) is 19.8 Å². The van der Waals surface area contributed by atoms with Crippen LogP contribution in [0, 0.1) is 0 Å². The molecule has 70 valence electrons. The molecule has 0 aromatic carbocycles. The summed E-state index contributed by atoms with van der Waals surface area (Å²) in [6.45, 7) is 1.82. The van der Waals surface area contributed by atoms with E-state index in [0.717, 1.165) is 12.8 Å². The second kappa shape index (κ2) is 3.73. The largest absolute Gasteiger partial charge is 0.409 e. The summed E-state index contributed by atoms with van der Waals surface area (Å²) < 4.78 is 0. The minimum Gasteiger partial charge on any atom is -0.409 e. The van der Waals surface area contributed by atoms with Gasteiger partial charge in [-0.25, -0.2) is 0 Å². The molecule has 0 amide bonds. The molecule has 1 unspecified atom stereocenters. The average Bonchev–Trinajstić information content (AvgIpc) is 2.00. The average molecular weight is 173 g/mol. The van der Waals surface area contributed by atoms with Crippen LogP contribution in [-0.4, -0.2) is 34.3 Å². The SMILES string of the molecule is CC(NC1CC(O)C1)C(N)=NO. The van der Waals surface area contributed by atoms with Gasteiger partial charge in [0.05, 0.1) is 12.1 Å². The van der Waals surface area contributed by atoms with Gasteiger partial charge in [0, 0.05) is 6.04 Å². The smallest absolute Gasteiger partial charge is 0.156 e. The van der Waals surface area contributed by atoms with Gasteiger partial charge in [0.25, 0.3) is 0 Å². The summed E-state index contributed by atoms with van der Waals surface area (Å²) in [7, 11) is 0. The molecule has 1 atom stereocenters. The normalized spacial score (nSPS) is 32.7. The highest BCUT2D eigenvalue weighted by atomic mass is 16.4. The van der Waals surface area contributed by atoms with Crippen LogP contribution in [0.4, 0.5) is 0 Å². The topological polar surface area (TPSA) is 90.9 Å². The number of amidine groups is 1. The lowest BCUT2D eigenvalue weighted by Gasteiger charge is -2.34. The fraction of sp³-hybridized carbons (Fsp3) is 0.857. The van der Waals surface area contributed by atoms with Crippen LogP contribution < -0.4 is 11.1 Å². The third-order valence-corrected chi connectivity index (χ3v) is 2.16. The fourth-order valence-electron chi connectivity index (χ4n) is 1.25. The first kappa shape index (κ1) is 9.28. The zero-order valence-corrected chi connectivity index (χ0v) is 7.07. The van der Waals surface area contributed by atoms with Gasteiger partial charge >= 0.3 is 0 Å². The van der Waals surface area contributed by atoms with Crippen molar-refractivity contribution in [3.05, 3.63) is 0 Å². The van der Waals surface area contributed by atoms with Crippen LogP contribution in [0.25, 0.3) is 0 Å². The van der Waals surface area contributed by atoms with Gasteiger partial charge < -0.3 is 21.4 Å². The van der Waals surface area contributed by atoms with Crippen LogP contribution in [0.5, 0.6) is 0 Å². The van der Waals surface area contributed by atoms with Crippen molar-refractivity contribution in [2.24, 2.45) is 10.9 Å². The first-order valence-corrected chi connectivity index (χ1v) is 4.05. The molecule has 5 nitrogen and oxygen atoms in total. The molecule has 5 N–H and O–H groups in total. The summed E-state index contributed by atoms with van der Waals surface area (Å²) >= 11 is 0. The van der Waals surface area contributed by atoms with E-state index in [0.29, 0.717) is 6.04 Å². The maximum absolute atomic E-state index is 8.98. The molecular formula is C7H15N3O2. The van der Waals surface area contributed by atoms with Crippen molar-refractivity contribution < 1.29 is 10.3 Å². The summed E-state index contributed by atoms with van der Waals surface area (Å²) in [5, 5.41) is 23.3. The van der Waals surface area contributed by atoms with E-state index < -0.39 is 0 Å². The number of aliphatic hydroxyl groups is 1. The van der Waals surface area contributed by atoms with Crippen LogP contribution in [0.1, 0.15) is 19.8 Å². The quantitative estimate of drug-likeness (QED) is 0.195. The Morgan fingerprint density at radius 1 is 1.67 bits per heavy atom. The minimum absolute atomic E-state index is 0.132. The molecule has 0 bridgehead atoms. The molecule has 0 spiro atoms. The molecular weight excluding hydrogens is 158 g/mol. The van der Waals surface area contributed by atoms with Crippen molar-refractivity contribution in [1.29, 1.82) is 0 Å². The molecule has 0 saturated heterocycles. The number of nitrogens with two attached hydrogens (primary N) is 1. The lowest BCUT2D eigenvalue weighted by Crippen LogP contribution is -2.51. The van der Waals surface area contributed by atoms with Gasteiger partial charge in [0.1, 0.15) is 0 Å². The van der Waals surface area contributed by atoms with Crippen molar-refractivity contribution >= 4 is 5.84 Å². The van der Waals surface area contributed by atoms with Gasteiger partial charge in [0.2, 0.25) is 0 Å². The van der Waals surface area contributed by atoms with E-state index in [1.165, 1.54) is 0 Å². The fourth-order valence-corrected chi connectivity index (χ4v) is 1.25. The Hall–Kier alpha value is -0.810. The highest BCUT2D eigenvalue weighted by Gasteiger charge is 2.28. The molecule has 0 aliphatic heterocycles. The Balaban J connectivity index is 2.23. The van der Waals surface area contributed by atoms with Crippen molar-refractivity contribution in [3.8, 4) is 0 Å². The second-order valence-corrected chi connectivity index (χ2v) is 3.24. The van der Waals surface area contributed by atoms with Crippen molar-refractivity contribution in [2.45, 2.75) is 38.0 Å². The lowest BCUT2D eigenvalue weighted by molar-refractivity contribution is 0.0612. The van der Waals surface area contributed by atoms with Crippen molar-refractivity contribution in [3.63, 3.8) is 0 Å². The van der Waals surface area contributed by atoms with Gasteiger partial charge in [0.15, 0.2) is 5.84 Å². The number of aliphatic hydroxyl groups excluding tert-OH is 1. The van der Waals surface area contributed by atoms with Crippen LogP contribution in [0.2, 0.25) is 0 Å². The monoisotopic (exact) mass is 173 g/mol. The van der Waals surface area contributed by atoms with Gasteiger partial charge in [-0.2, -0.15) is 0 Å². The van der Waals surface area contributed by atoms with Gasteiger partial charge in [-0.3, -0.25) is 0 Å². The predicted molar refractivity (Wildman–Crippen MR) is 45.0 cm³/mol. The standard InChI is InChI=1S/C7H15N3O2/c1-4(7(8)10-12)9-5-2-6(11)3-5/h4-6,9,11-12H,2-3H2,1H3,(H2,8,10). The molecule has 1 rings (SSSR count). The highest BCUT2D eigenvalue weighted by molar-refractivity contribution is 5.84. The minimum atomic E-state index is -0.179. The maximum atomic E-state index is 8.98. The molecule has 5 heteroatoms. The number of hydrogen-bond acceptors (Lipinski definition) is 4. The maximum Gasteiger partial charge on any atom is 0.156 e. The molecule has 0 aromatic heterocycles. The van der Waals surface area contributed by atoms with E-state index in [-0.39, 0.29) is 18.0 Å². The van der Waals surface area contributed by atoms with Crippen LogP contribution >= 0.6 is 0 Å². The van der Waals surface area contributed by atoms with Gasteiger partial charge in [-0.1, -0.05) is 5.16 Å². The third-order valence-electron chi connectivity index (χ3n) is 2.16. The molecule has 1 saturated carbocycles. The Morgan fingerprint density at radius 3 is 2.67 bits per heavy atom. The summed E-state index contributed by atoms with van der Waals surface area (Å²) in [6.07, 6.45) is 1.33. The van der Waals surface area contributed by atoms with E-state index in [9.17, 15) is 0 Å². The summed E-state index contributed by atoms with van der Waals surface area (Å²) in [6, 6.07) is 0.169. The molecule has 0 heterocycles. The zero-order chi connectivity index (χ0) is 9.14. The summed E-state index contributed by atoms with van der Waals surface area (Å²) in [5.41, 5.74) is 5.35. The van der Waals surface area contributed by atoms with Crippen LogP contribution in [-0.2, 0) is 0 Å². The first-order chi connectivity index (χ1) is 5.63. The molecule has 1 aliphatic rings. The second-order valence-electron chi connectivity index (χ2n) is 3.24. The number of oxime groups is 1. The summed E-state index contributed by atoms with van der Waals surface area (Å²) in [5.74, 6) is 0.177. The number of rotatable bonds is 3. The Bertz CT molecular complexity index is 177. The van der Waals surface area contributed by atoms with E-state index >= 15 is 0 Å². The first-order valence-electron chi connectivity index (χ1n) is 4.05. The Labute approximate surface area is 71.3 Å². The Kier molecular flexibility index (Phi) is 2.88. The molecule has 12 heavy (non-hydrogen) atoms. The van der Waals surface area contributed by atoms with E-state index in [2.05, 4.69) is 10.5 Å². The van der Waals surface area contributed by atoms with Crippen LogP contribution in [0.3, 0.4) is 0 Å². The lowest BCUT2D eigenvalue weighted by atomic mass is 9.89. The van der Waals surface area contributed by atoms with Crippen molar-refractivity contribution in [2.75, 3.05) is 0 Å².